The van der Waals surface area contributed by atoms with Crippen LogP contribution in [0, 0.1) is 0 Å². The SMILES string of the molecule is CCn1nccc1C(=O)Nc1ccc(SC)cc1. The fourth-order valence-corrected chi connectivity index (χ4v) is 2.06. The summed E-state index contributed by atoms with van der Waals surface area (Å²) in [5, 5.41) is 6.94. The summed E-state index contributed by atoms with van der Waals surface area (Å²) < 4.78 is 1.67. The predicted octanol–water partition coefficient (Wildman–Crippen LogP) is 2.88. The number of nitrogens with zero attached hydrogens (tertiary/aromatic N) is 2. The number of rotatable bonds is 4. The average molecular weight is 261 g/mol. The van der Waals surface area contributed by atoms with Gasteiger partial charge >= 0.3 is 0 Å². The third-order valence-electron chi connectivity index (χ3n) is 2.60. The van der Waals surface area contributed by atoms with E-state index in [1.807, 2.05) is 37.4 Å². The van der Waals surface area contributed by atoms with Gasteiger partial charge in [-0.2, -0.15) is 5.10 Å². The van der Waals surface area contributed by atoms with Crippen LogP contribution in [0.4, 0.5) is 5.69 Å². The van der Waals surface area contributed by atoms with Crippen molar-refractivity contribution in [1.29, 1.82) is 0 Å². The highest BCUT2D eigenvalue weighted by Crippen LogP contribution is 2.17. The van der Waals surface area contributed by atoms with E-state index in [0.29, 0.717) is 12.2 Å². The Balaban J connectivity index is 2.11. The molecule has 0 aliphatic heterocycles. The van der Waals surface area contributed by atoms with E-state index in [4.69, 9.17) is 0 Å². The summed E-state index contributed by atoms with van der Waals surface area (Å²) in [6.07, 6.45) is 3.66. The van der Waals surface area contributed by atoms with Crippen molar-refractivity contribution in [3.05, 3.63) is 42.2 Å². The van der Waals surface area contributed by atoms with Gasteiger partial charge in [-0.25, -0.2) is 0 Å². The number of carbonyl (C=O) groups excluding carboxylic acids is 1. The quantitative estimate of drug-likeness (QED) is 0.861. The molecule has 18 heavy (non-hydrogen) atoms. The van der Waals surface area contributed by atoms with Crippen LogP contribution in [0.1, 0.15) is 17.4 Å². The van der Waals surface area contributed by atoms with E-state index in [0.717, 1.165) is 5.69 Å². The minimum atomic E-state index is -0.133. The van der Waals surface area contributed by atoms with Crippen LogP contribution >= 0.6 is 11.8 Å². The summed E-state index contributed by atoms with van der Waals surface area (Å²) in [7, 11) is 0. The molecule has 94 valence electrons. The smallest absolute Gasteiger partial charge is 0.273 e. The van der Waals surface area contributed by atoms with Crippen molar-refractivity contribution in [1.82, 2.24) is 9.78 Å². The molecule has 0 saturated carbocycles. The van der Waals surface area contributed by atoms with Crippen molar-refractivity contribution in [2.75, 3.05) is 11.6 Å². The van der Waals surface area contributed by atoms with Gasteiger partial charge in [-0.15, -0.1) is 11.8 Å². The van der Waals surface area contributed by atoms with E-state index in [1.54, 1.807) is 28.7 Å². The number of carbonyl (C=O) groups is 1. The third kappa shape index (κ3) is 2.73. The first kappa shape index (κ1) is 12.7. The molecule has 2 rings (SSSR count). The van der Waals surface area contributed by atoms with Gasteiger partial charge in [0.1, 0.15) is 5.69 Å². The van der Waals surface area contributed by atoms with E-state index < -0.39 is 0 Å². The summed E-state index contributed by atoms with van der Waals surface area (Å²) >= 11 is 1.67. The average Bonchev–Trinajstić information content (AvgIpc) is 2.88. The van der Waals surface area contributed by atoms with E-state index in [1.165, 1.54) is 4.90 Å². The molecule has 2 aromatic rings. The van der Waals surface area contributed by atoms with Crippen LogP contribution in [0.15, 0.2) is 41.4 Å². The lowest BCUT2D eigenvalue weighted by Crippen LogP contribution is -2.17. The minimum absolute atomic E-state index is 0.133. The van der Waals surface area contributed by atoms with Crippen LogP contribution in [0.3, 0.4) is 0 Å². The van der Waals surface area contributed by atoms with Crippen molar-refractivity contribution >= 4 is 23.4 Å². The highest BCUT2D eigenvalue weighted by atomic mass is 32.2. The zero-order chi connectivity index (χ0) is 13.0. The number of aryl methyl sites for hydroxylation is 1. The lowest BCUT2D eigenvalue weighted by atomic mass is 10.3. The van der Waals surface area contributed by atoms with Gasteiger partial charge in [0.2, 0.25) is 0 Å². The number of aromatic nitrogens is 2. The van der Waals surface area contributed by atoms with Crippen molar-refractivity contribution in [2.45, 2.75) is 18.4 Å². The highest BCUT2D eigenvalue weighted by Gasteiger charge is 2.10. The first-order valence-corrected chi connectivity index (χ1v) is 6.94. The Hall–Kier alpha value is -1.75. The Bertz CT molecular complexity index is 533. The van der Waals surface area contributed by atoms with E-state index in [-0.39, 0.29) is 5.91 Å². The number of anilines is 1. The van der Waals surface area contributed by atoms with Crippen LogP contribution in [-0.2, 0) is 6.54 Å². The number of benzene rings is 1. The first-order chi connectivity index (χ1) is 8.74. The van der Waals surface area contributed by atoms with Crippen molar-refractivity contribution < 1.29 is 4.79 Å². The maximum atomic E-state index is 12.0. The zero-order valence-corrected chi connectivity index (χ0v) is 11.2. The second-order valence-corrected chi connectivity index (χ2v) is 4.59. The van der Waals surface area contributed by atoms with Crippen LogP contribution in [0.5, 0.6) is 0 Å². The Kier molecular flexibility index (Phi) is 4.04. The molecule has 0 aliphatic rings. The molecule has 0 unspecified atom stereocenters. The van der Waals surface area contributed by atoms with Gasteiger partial charge in [-0.1, -0.05) is 0 Å². The monoisotopic (exact) mass is 261 g/mol. The van der Waals surface area contributed by atoms with Gasteiger partial charge in [-0.3, -0.25) is 9.48 Å². The zero-order valence-electron chi connectivity index (χ0n) is 10.4. The molecule has 0 fully saturated rings. The lowest BCUT2D eigenvalue weighted by Gasteiger charge is -2.07. The van der Waals surface area contributed by atoms with Crippen molar-refractivity contribution in [3.63, 3.8) is 0 Å². The number of nitrogens with one attached hydrogen (secondary N) is 1. The molecule has 0 aliphatic carbocycles. The Morgan fingerprint density at radius 3 is 2.67 bits per heavy atom. The van der Waals surface area contributed by atoms with E-state index >= 15 is 0 Å². The normalized spacial score (nSPS) is 10.3. The molecule has 0 spiro atoms. The summed E-state index contributed by atoms with van der Waals surface area (Å²) in [6.45, 7) is 2.64. The second-order valence-electron chi connectivity index (χ2n) is 3.71. The Morgan fingerprint density at radius 1 is 1.33 bits per heavy atom. The summed E-state index contributed by atoms with van der Waals surface area (Å²) in [5.41, 5.74) is 1.37. The second kappa shape index (κ2) is 5.73. The fraction of sp³-hybridized carbons (Fsp3) is 0.231. The summed E-state index contributed by atoms with van der Waals surface area (Å²) in [4.78, 5) is 13.2. The third-order valence-corrected chi connectivity index (χ3v) is 3.34. The summed E-state index contributed by atoms with van der Waals surface area (Å²) in [5.74, 6) is -0.133. The maximum Gasteiger partial charge on any atom is 0.273 e. The molecule has 4 nitrogen and oxygen atoms in total. The maximum absolute atomic E-state index is 12.0. The molecule has 1 amide bonds. The topological polar surface area (TPSA) is 46.9 Å². The van der Waals surface area contributed by atoms with Gasteiger partial charge in [0.25, 0.3) is 5.91 Å². The van der Waals surface area contributed by atoms with Crippen molar-refractivity contribution in [2.24, 2.45) is 0 Å². The standard InChI is InChI=1S/C13H15N3OS/c1-3-16-12(8-9-14-16)13(17)15-10-4-6-11(18-2)7-5-10/h4-9H,3H2,1-2H3,(H,15,17). The molecule has 0 radical (unpaired) electrons. The minimum Gasteiger partial charge on any atom is -0.321 e. The molecule has 1 heterocycles. The van der Waals surface area contributed by atoms with E-state index in [9.17, 15) is 4.79 Å². The van der Waals surface area contributed by atoms with Crippen LogP contribution < -0.4 is 5.32 Å². The Labute approximate surface area is 110 Å². The molecular weight excluding hydrogens is 246 g/mol. The van der Waals surface area contributed by atoms with Crippen molar-refractivity contribution in [3.8, 4) is 0 Å². The molecular formula is C13H15N3OS. The molecule has 0 saturated heterocycles. The number of hydrogen-bond donors (Lipinski definition) is 1. The molecule has 1 aromatic carbocycles. The van der Waals surface area contributed by atoms with E-state index in [2.05, 4.69) is 10.4 Å². The van der Waals surface area contributed by atoms with Crippen LogP contribution in [0.2, 0.25) is 0 Å². The Morgan fingerprint density at radius 2 is 2.06 bits per heavy atom. The molecule has 1 N–H and O–H groups in total. The molecule has 5 heteroatoms. The van der Waals surface area contributed by atoms with Gasteiger partial charge in [-0.05, 0) is 43.5 Å². The van der Waals surface area contributed by atoms with Crippen LogP contribution in [-0.4, -0.2) is 21.9 Å². The number of hydrogen-bond acceptors (Lipinski definition) is 3. The lowest BCUT2D eigenvalue weighted by molar-refractivity contribution is 0.101. The highest BCUT2D eigenvalue weighted by molar-refractivity contribution is 7.98. The molecule has 0 atom stereocenters. The largest absolute Gasteiger partial charge is 0.321 e. The molecule has 1 aromatic heterocycles. The number of thioether (sulfide) groups is 1. The van der Waals surface area contributed by atoms with Gasteiger partial charge < -0.3 is 5.32 Å². The van der Waals surface area contributed by atoms with Crippen LogP contribution in [0.25, 0.3) is 0 Å². The van der Waals surface area contributed by atoms with Gasteiger partial charge in [0, 0.05) is 23.3 Å². The molecule has 0 bridgehead atoms. The number of amides is 1. The fourth-order valence-electron chi connectivity index (χ4n) is 1.65. The predicted molar refractivity (Wildman–Crippen MR) is 74.1 cm³/mol. The van der Waals surface area contributed by atoms with Gasteiger partial charge in [0.05, 0.1) is 0 Å². The summed E-state index contributed by atoms with van der Waals surface area (Å²) in [6, 6.07) is 9.48. The van der Waals surface area contributed by atoms with Gasteiger partial charge in [0.15, 0.2) is 0 Å². The first-order valence-electron chi connectivity index (χ1n) is 5.72.